The summed E-state index contributed by atoms with van der Waals surface area (Å²) in [5, 5.41) is 2.99. The Morgan fingerprint density at radius 2 is 2.11 bits per heavy atom. The third-order valence-electron chi connectivity index (χ3n) is 4.00. The molecule has 28 heavy (non-hydrogen) atoms. The number of aliphatic imine (C=N–C) groups is 1. The van der Waals surface area contributed by atoms with E-state index < -0.39 is 12.3 Å². The first-order valence-electron chi connectivity index (χ1n) is 8.64. The molecule has 1 aliphatic rings. The average Bonchev–Trinajstić information content (AvgIpc) is 3.37. The number of carbonyl (C=O) groups excluding carboxylic acids is 1. The molecule has 3 aromatic rings. The predicted molar refractivity (Wildman–Crippen MR) is 114 cm³/mol. The molecule has 1 aliphatic heterocycles. The third kappa shape index (κ3) is 3.76. The van der Waals surface area contributed by atoms with Crippen LogP contribution in [-0.4, -0.2) is 25.1 Å². The van der Waals surface area contributed by atoms with Crippen LogP contribution in [0.25, 0.3) is 9.75 Å². The van der Waals surface area contributed by atoms with Gasteiger partial charge in [-0.2, -0.15) is 0 Å². The minimum atomic E-state index is -0.667. The summed E-state index contributed by atoms with van der Waals surface area (Å²) in [5.74, 6) is -0.490. The first-order chi connectivity index (χ1) is 13.6. The van der Waals surface area contributed by atoms with Crippen LogP contribution in [0.3, 0.4) is 0 Å². The average molecular weight is 435 g/mol. The SMILES string of the molecule is CCOC(=O)c1c(N)sc(N=Cc2ccc(-c3cccs3)s2)c1C1OC(C)O1. The summed E-state index contributed by atoms with van der Waals surface area (Å²) in [6, 6.07) is 8.22. The number of nitrogens with zero attached hydrogens (tertiary/aromatic N) is 1. The molecule has 0 spiro atoms. The zero-order chi connectivity index (χ0) is 19.7. The number of thiophene rings is 3. The van der Waals surface area contributed by atoms with E-state index in [0.717, 1.165) is 4.88 Å². The minimum absolute atomic E-state index is 0.260. The number of carbonyl (C=O) groups is 1. The molecule has 4 heterocycles. The second kappa shape index (κ2) is 8.14. The molecule has 3 aromatic heterocycles. The lowest BCUT2D eigenvalue weighted by Crippen LogP contribution is -2.32. The van der Waals surface area contributed by atoms with Gasteiger partial charge in [-0.1, -0.05) is 17.4 Å². The Labute approximate surface area is 174 Å². The van der Waals surface area contributed by atoms with E-state index in [9.17, 15) is 4.79 Å². The highest BCUT2D eigenvalue weighted by atomic mass is 32.1. The van der Waals surface area contributed by atoms with Crippen LogP contribution in [0.1, 0.15) is 40.9 Å². The highest BCUT2D eigenvalue weighted by molar-refractivity contribution is 7.22. The molecular formula is C19H18N2O4S3. The molecule has 6 nitrogen and oxygen atoms in total. The van der Waals surface area contributed by atoms with Gasteiger partial charge in [-0.05, 0) is 37.4 Å². The second-order valence-electron chi connectivity index (χ2n) is 5.89. The van der Waals surface area contributed by atoms with Crippen molar-refractivity contribution in [2.24, 2.45) is 4.99 Å². The van der Waals surface area contributed by atoms with Crippen molar-refractivity contribution in [1.29, 1.82) is 0 Å². The number of hydrogen-bond acceptors (Lipinski definition) is 9. The minimum Gasteiger partial charge on any atom is -0.462 e. The molecule has 2 N–H and O–H groups in total. The van der Waals surface area contributed by atoms with Crippen molar-refractivity contribution in [3.05, 3.63) is 45.6 Å². The molecule has 0 aromatic carbocycles. The topological polar surface area (TPSA) is 83.1 Å². The highest BCUT2D eigenvalue weighted by Gasteiger charge is 2.37. The van der Waals surface area contributed by atoms with Gasteiger partial charge in [0.25, 0.3) is 0 Å². The Hall–Kier alpha value is -2.04. The summed E-state index contributed by atoms with van der Waals surface area (Å²) in [5.41, 5.74) is 6.91. The largest absolute Gasteiger partial charge is 0.462 e. The van der Waals surface area contributed by atoms with Gasteiger partial charge in [0.15, 0.2) is 12.6 Å². The van der Waals surface area contributed by atoms with Gasteiger partial charge in [-0.25, -0.2) is 9.79 Å². The van der Waals surface area contributed by atoms with Gasteiger partial charge < -0.3 is 19.9 Å². The number of rotatable bonds is 6. The van der Waals surface area contributed by atoms with Crippen molar-refractivity contribution in [2.75, 3.05) is 12.3 Å². The van der Waals surface area contributed by atoms with E-state index in [-0.39, 0.29) is 18.5 Å². The van der Waals surface area contributed by atoms with E-state index >= 15 is 0 Å². The Balaban J connectivity index is 1.64. The van der Waals surface area contributed by atoms with Crippen LogP contribution in [0.4, 0.5) is 10.0 Å². The Morgan fingerprint density at radius 3 is 2.79 bits per heavy atom. The number of ether oxygens (including phenoxy) is 3. The molecule has 1 saturated heterocycles. The van der Waals surface area contributed by atoms with E-state index in [4.69, 9.17) is 19.9 Å². The van der Waals surface area contributed by atoms with Crippen LogP contribution in [0.5, 0.6) is 0 Å². The Kier molecular flexibility index (Phi) is 5.61. The number of nitrogen functional groups attached to an aromatic ring is 1. The van der Waals surface area contributed by atoms with Gasteiger partial charge in [-0.15, -0.1) is 22.7 Å². The maximum absolute atomic E-state index is 12.4. The van der Waals surface area contributed by atoms with Gasteiger partial charge in [-0.3, -0.25) is 0 Å². The molecule has 9 heteroatoms. The summed E-state index contributed by atoms with van der Waals surface area (Å²) in [7, 11) is 0. The molecule has 1 fully saturated rings. The molecule has 0 amide bonds. The fourth-order valence-corrected chi connectivity index (χ4v) is 5.40. The molecule has 0 aliphatic carbocycles. The number of anilines is 1. The number of nitrogens with two attached hydrogens (primary N) is 1. The van der Waals surface area contributed by atoms with Crippen LogP contribution < -0.4 is 5.73 Å². The van der Waals surface area contributed by atoms with Gasteiger partial charge in [0.1, 0.15) is 15.6 Å². The van der Waals surface area contributed by atoms with Crippen molar-refractivity contribution in [3.63, 3.8) is 0 Å². The normalized spacial score (nSPS) is 19.1. The summed E-state index contributed by atoms with van der Waals surface area (Å²) >= 11 is 4.57. The lowest BCUT2D eigenvalue weighted by atomic mass is 10.1. The van der Waals surface area contributed by atoms with E-state index in [1.807, 2.05) is 12.1 Å². The second-order valence-corrected chi connectivity index (χ2v) is 8.98. The molecule has 0 saturated carbocycles. The molecule has 0 atom stereocenters. The quantitative estimate of drug-likeness (QED) is 0.413. The first-order valence-corrected chi connectivity index (χ1v) is 11.2. The zero-order valence-electron chi connectivity index (χ0n) is 15.2. The maximum Gasteiger partial charge on any atom is 0.341 e. The predicted octanol–water partition coefficient (Wildman–Crippen LogP) is 5.44. The van der Waals surface area contributed by atoms with Gasteiger partial charge >= 0.3 is 5.97 Å². The summed E-state index contributed by atoms with van der Waals surface area (Å²) in [6.45, 7) is 3.80. The molecular weight excluding hydrogens is 416 g/mol. The van der Waals surface area contributed by atoms with Crippen molar-refractivity contribution in [1.82, 2.24) is 0 Å². The van der Waals surface area contributed by atoms with Crippen molar-refractivity contribution in [2.45, 2.75) is 26.4 Å². The van der Waals surface area contributed by atoms with E-state index in [2.05, 4.69) is 22.5 Å². The van der Waals surface area contributed by atoms with Crippen molar-refractivity contribution >= 4 is 56.2 Å². The summed E-state index contributed by atoms with van der Waals surface area (Å²) in [6.07, 6.45) is 0.775. The van der Waals surface area contributed by atoms with Gasteiger partial charge in [0.05, 0.1) is 12.2 Å². The van der Waals surface area contributed by atoms with Crippen LogP contribution in [-0.2, 0) is 14.2 Å². The smallest absolute Gasteiger partial charge is 0.341 e. The molecule has 0 bridgehead atoms. The van der Waals surface area contributed by atoms with E-state index in [1.165, 1.54) is 21.1 Å². The van der Waals surface area contributed by atoms with Crippen LogP contribution in [0, 0.1) is 0 Å². The Bertz CT molecular complexity index is 1000. The first kappa shape index (κ1) is 19.3. The lowest BCUT2D eigenvalue weighted by Gasteiger charge is -2.34. The standard InChI is InChI=1S/C19H18N2O4S3/c1-3-23-18(22)14-15(19-24-10(2)25-19)17(28-16(14)20)21-9-11-6-7-13(27-11)12-5-4-8-26-12/h4-10,19H,3,20H2,1-2H3. The van der Waals surface area contributed by atoms with Gasteiger partial charge in [0, 0.05) is 20.8 Å². The molecule has 4 rings (SSSR count). The summed E-state index contributed by atoms with van der Waals surface area (Å²) < 4.78 is 16.4. The maximum atomic E-state index is 12.4. The monoisotopic (exact) mass is 434 g/mol. The molecule has 0 radical (unpaired) electrons. The van der Waals surface area contributed by atoms with E-state index in [1.54, 1.807) is 42.7 Å². The third-order valence-corrected chi connectivity index (χ3v) is 7.03. The number of esters is 1. The van der Waals surface area contributed by atoms with E-state index in [0.29, 0.717) is 15.6 Å². The summed E-state index contributed by atoms with van der Waals surface area (Å²) in [4.78, 5) is 20.4. The zero-order valence-corrected chi connectivity index (χ0v) is 17.7. The number of hydrogen-bond donors (Lipinski definition) is 1. The molecule has 146 valence electrons. The van der Waals surface area contributed by atoms with Crippen LogP contribution >= 0.6 is 34.0 Å². The van der Waals surface area contributed by atoms with Crippen LogP contribution in [0.2, 0.25) is 0 Å². The molecule has 0 unspecified atom stereocenters. The highest BCUT2D eigenvalue weighted by Crippen LogP contribution is 2.47. The Morgan fingerprint density at radius 1 is 1.29 bits per heavy atom. The van der Waals surface area contributed by atoms with Crippen molar-refractivity contribution < 1.29 is 19.0 Å². The van der Waals surface area contributed by atoms with Gasteiger partial charge in [0.2, 0.25) is 0 Å². The fraction of sp³-hybridized carbons (Fsp3) is 0.263. The van der Waals surface area contributed by atoms with Crippen molar-refractivity contribution in [3.8, 4) is 9.75 Å². The fourth-order valence-electron chi connectivity index (χ4n) is 2.77. The lowest BCUT2D eigenvalue weighted by molar-refractivity contribution is -0.382. The van der Waals surface area contributed by atoms with Crippen LogP contribution in [0.15, 0.2) is 34.6 Å².